The molecule has 0 heterocycles. The number of hydrogen-bond donors (Lipinski definition) is 2. The zero-order valence-electron chi connectivity index (χ0n) is 9.75. The molecule has 0 saturated carbocycles. The van der Waals surface area contributed by atoms with Crippen molar-refractivity contribution in [3.05, 3.63) is 33.4 Å². The molecule has 0 atom stereocenters. The van der Waals surface area contributed by atoms with E-state index in [0.717, 1.165) is 17.4 Å². The van der Waals surface area contributed by atoms with Crippen LogP contribution in [0.2, 0.25) is 0 Å². The van der Waals surface area contributed by atoms with Crippen LogP contribution in [-0.2, 0) is 12.7 Å². The van der Waals surface area contributed by atoms with Crippen LogP contribution in [0.4, 0.5) is 0 Å². The molecule has 0 amide bonds. The number of halogens is 1. The van der Waals surface area contributed by atoms with Gasteiger partial charge >= 0.3 is 0 Å². The first-order valence-electron chi connectivity index (χ1n) is 4.49. The number of carboxylic acids is 2. The summed E-state index contributed by atoms with van der Waals surface area (Å²) in [6.07, 6.45) is 0. The number of nitriles is 1. The number of nitrogens with zero attached hydrogens (tertiary/aromatic N) is 1. The maximum Gasteiger partial charge on any atom is 0.300 e. The molecule has 0 aliphatic heterocycles. The summed E-state index contributed by atoms with van der Waals surface area (Å²) >= 11 is -1.07. The van der Waals surface area contributed by atoms with E-state index in [1.54, 1.807) is 24.3 Å². The van der Waals surface area contributed by atoms with Gasteiger partial charge in [-0.15, -0.1) is 0 Å². The quantitative estimate of drug-likeness (QED) is 0.738. The molecule has 1 aromatic rings. The number of carboxylic acid groups (broad SMARTS) is 2. The van der Waals surface area contributed by atoms with Crippen LogP contribution in [0.5, 0.6) is 0 Å². The Morgan fingerprint density at radius 3 is 1.67 bits per heavy atom. The molecule has 0 radical (unpaired) electrons. The number of benzene rings is 1. The molecule has 0 aliphatic rings. The Labute approximate surface area is 115 Å². The average Bonchev–Trinajstić information content (AvgIpc) is 2.28. The van der Waals surface area contributed by atoms with E-state index in [2.05, 4.69) is 0 Å². The third-order valence-corrected chi connectivity index (χ3v) is 2.29. The fraction of sp³-hybridized carbons (Fsp3) is 0.182. The lowest BCUT2D eigenvalue weighted by molar-refractivity contribution is -0.135. The molecule has 7 heteroatoms. The van der Waals surface area contributed by atoms with Crippen molar-refractivity contribution in [3.8, 4) is 6.07 Å². The molecule has 2 N–H and O–H groups in total. The first-order chi connectivity index (χ1) is 8.33. The smallest absolute Gasteiger partial charge is 0.300 e. The van der Waals surface area contributed by atoms with Gasteiger partial charge in [0.1, 0.15) is 0 Å². The summed E-state index contributed by atoms with van der Waals surface area (Å²) in [5, 5.41) is 23.2. The highest BCUT2D eigenvalue weighted by Crippen LogP contribution is 2.09. The molecule has 0 fully saturated rings. The minimum Gasteiger partial charge on any atom is -0.481 e. The van der Waals surface area contributed by atoms with E-state index in [-0.39, 0.29) is 0 Å². The van der Waals surface area contributed by atoms with E-state index >= 15 is 0 Å². The maximum atomic E-state index is 10.4. The van der Waals surface area contributed by atoms with Crippen molar-refractivity contribution in [2.24, 2.45) is 0 Å². The molecular formula is C11H12INO5. The van der Waals surface area contributed by atoms with Gasteiger partial charge in [-0.1, -0.05) is 0 Å². The lowest BCUT2D eigenvalue weighted by Gasteiger charge is -1.86. The van der Waals surface area contributed by atoms with E-state index in [0.29, 0.717) is 5.56 Å². The molecule has 0 unspecified atom stereocenters. The second-order valence-corrected chi connectivity index (χ2v) is 4.42. The van der Waals surface area contributed by atoms with Crippen LogP contribution in [0.3, 0.4) is 0 Å². The molecule has 98 valence electrons. The molecule has 1 aromatic carbocycles. The van der Waals surface area contributed by atoms with Gasteiger partial charge < -0.3 is 10.2 Å². The zero-order chi connectivity index (χ0) is 14.6. The number of rotatable bonds is 1. The Morgan fingerprint density at radius 1 is 1.11 bits per heavy atom. The highest BCUT2D eigenvalue weighted by molar-refractivity contribution is 14.1. The second kappa shape index (κ2) is 11.7. The van der Waals surface area contributed by atoms with Gasteiger partial charge in [-0.05, 0) is 24.3 Å². The van der Waals surface area contributed by atoms with Crippen molar-refractivity contribution in [1.82, 2.24) is 0 Å². The van der Waals surface area contributed by atoms with Crippen LogP contribution >= 0.6 is 21.2 Å². The van der Waals surface area contributed by atoms with E-state index in [9.17, 15) is 3.07 Å². The van der Waals surface area contributed by atoms with Gasteiger partial charge in [0.25, 0.3) is 11.9 Å². The molecule has 0 bridgehead atoms. The predicted molar refractivity (Wildman–Crippen MR) is 71.2 cm³/mol. The van der Waals surface area contributed by atoms with Gasteiger partial charge in [-0.25, -0.2) is 0 Å². The van der Waals surface area contributed by atoms with Gasteiger partial charge in [-0.3, -0.25) is 12.7 Å². The minimum absolute atomic E-state index is 0.612. The lowest BCUT2D eigenvalue weighted by atomic mass is 10.2. The molecule has 0 spiro atoms. The maximum absolute atomic E-state index is 10.4. The highest BCUT2D eigenvalue weighted by Gasteiger charge is 1.90. The first-order valence-corrected chi connectivity index (χ1v) is 6.45. The van der Waals surface area contributed by atoms with Crippen LogP contribution in [0.1, 0.15) is 19.4 Å². The summed E-state index contributed by atoms with van der Waals surface area (Å²) in [7, 11) is 0. The highest BCUT2D eigenvalue weighted by atomic mass is 127. The Hall–Kier alpha value is -1.82. The van der Waals surface area contributed by atoms with E-state index < -0.39 is 33.1 Å². The minimum atomic E-state index is -1.07. The van der Waals surface area contributed by atoms with Gasteiger partial charge in [-0.2, -0.15) is 5.26 Å². The van der Waals surface area contributed by atoms with Crippen LogP contribution in [0, 0.1) is 14.9 Å². The Bertz CT molecular complexity index is 416. The Balaban J connectivity index is 0. The average molecular weight is 365 g/mol. The Morgan fingerprint density at radius 2 is 1.44 bits per heavy atom. The monoisotopic (exact) mass is 365 g/mol. The summed E-state index contributed by atoms with van der Waals surface area (Å²) in [5.41, 5.74) is 0.612. The van der Waals surface area contributed by atoms with Crippen LogP contribution in [0.15, 0.2) is 24.3 Å². The Kier molecular flexibility index (Phi) is 12.0. The van der Waals surface area contributed by atoms with Gasteiger partial charge in [0.2, 0.25) is 0 Å². The summed E-state index contributed by atoms with van der Waals surface area (Å²) in [5.74, 6) is -1.67. The number of carbonyl (C=O) groups is 2. The van der Waals surface area contributed by atoms with Gasteiger partial charge in [0.05, 0.1) is 11.6 Å². The van der Waals surface area contributed by atoms with Crippen molar-refractivity contribution in [1.29, 1.82) is 5.26 Å². The molecule has 0 aromatic heterocycles. The zero-order valence-corrected chi connectivity index (χ0v) is 11.9. The van der Waals surface area contributed by atoms with Crippen LogP contribution in [0.25, 0.3) is 0 Å². The van der Waals surface area contributed by atoms with E-state index in [4.69, 9.17) is 25.1 Å². The number of hydrogen-bond acceptors (Lipinski definition) is 4. The molecule has 0 saturated heterocycles. The summed E-state index contributed by atoms with van der Waals surface area (Å²) in [6, 6.07) is 8.78. The van der Waals surface area contributed by atoms with E-state index in [1.165, 1.54) is 0 Å². The second-order valence-electron chi connectivity index (χ2n) is 2.73. The van der Waals surface area contributed by atoms with E-state index in [1.807, 2.05) is 6.07 Å². The van der Waals surface area contributed by atoms with Crippen LogP contribution in [-0.4, -0.2) is 22.2 Å². The largest absolute Gasteiger partial charge is 0.481 e. The predicted octanol–water partition coefficient (Wildman–Crippen LogP) is 2.23. The summed E-state index contributed by atoms with van der Waals surface area (Å²) in [4.78, 5) is 18.0. The van der Waals surface area contributed by atoms with Crippen molar-refractivity contribution in [2.75, 3.05) is 0 Å². The van der Waals surface area contributed by atoms with Gasteiger partial charge in [0.15, 0.2) is 21.2 Å². The number of aliphatic carboxylic acids is 2. The van der Waals surface area contributed by atoms with Crippen molar-refractivity contribution >= 4 is 33.1 Å². The first kappa shape index (κ1) is 18.5. The third-order valence-electron chi connectivity index (χ3n) is 1.06. The standard InChI is InChI=1S/C7H4INO.2C2H4O2/c9-5-6-1-3-7(8-10)4-2-6;2*1-2(3)4/h1-4H;2*1H3,(H,3,4). The molecule has 6 nitrogen and oxygen atoms in total. The van der Waals surface area contributed by atoms with Gasteiger partial charge in [0, 0.05) is 17.4 Å². The lowest BCUT2D eigenvalue weighted by Crippen LogP contribution is -1.78. The molecule has 1 rings (SSSR count). The van der Waals surface area contributed by atoms with Crippen molar-refractivity contribution in [3.63, 3.8) is 0 Å². The third kappa shape index (κ3) is 16.6. The molecular weight excluding hydrogens is 353 g/mol. The summed E-state index contributed by atoms with van der Waals surface area (Å²) < 4.78 is 11.2. The fourth-order valence-electron chi connectivity index (χ4n) is 0.576. The van der Waals surface area contributed by atoms with Crippen molar-refractivity contribution in [2.45, 2.75) is 13.8 Å². The normalized spacial score (nSPS) is 7.61. The molecule has 0 aliphatic carbocycles. The summed E-state index contributed by atoms with van der Waals surface area (Å²) in [6.45, 7) is 2.17. The van der Waals surface area contributed by atoms with Crippen LogP contribution < -0.4 is 0 Å². The van der Waals surface area contributed by atoms with Crippen molar-refractivity contribution < 1.29 is 22.9 Å². The topological polar surface area (TPSA) is 115 Å². The SMILES string of the molecule is CC(=O)O.CC(=O)O.N#Cc1ccc(I=O)cc1. The fourth-order valence-corrected chi connectivity index (χ4v) is 1.23. The molecule has 18 heavy (non-hydrogen) atoms.